The molecular formula is C114H74N2S2. The second-order valence-electron chi connectivity index (χ2n) is 30.6. The predicted octanol–water partition coefficient (Wildman–Crippen LogP) is 33.5. The fourth-order valence-electron chi connectivity index (χ4n) is 17.9. The van der Waals surface area contributed by atoms with Crippen LogP contribution in [-0.4, -0.2) is 0 Å². The molecular weight excluding hydrogens is 1460 g/mol. The highest BCUT2D eigenvalue weighted by Crippen LogP contribution is 2.49. The molecule has 0 unspecified atom stereocenters. The molecule has 0 amide bonds. The van der Waals surface area contributed by atoms with Gasteiger partial charge in [0, 0.05) is 73.9 Å². The molecule has 2 aromatic heterocycles. The van der Waals surface area contributed by atoms with Crippen molar-refractivity contribution in [2.24, 2.45) is 0 Å². The van der Waals surface area contributed by atoms with Gasteiger partial charge in [-0.15, -0.1) is 22.7 Å². The van der Waals surface area contributed by atoms with Gasteiger partial charge in [0.05, 0.1) is 11.4 Å². The van der Waals surface area contributed by atoms with E-state index in [2.05, 4.69) is 459 Å². The molecule has 118 heavy (non-hydrogen) atoms. The number of anilines is 6. The van der Waals surface area contributed by atoms with Crippen molar-refractivity contribution < 1.29 is 0 Å². The van der Waals surface area contributed by atoms with Crippen LogP contribution in [0.3, 0.4) is 0 Å². The van der Waals surface area contributed by atoms with E-state index in [-0.39, 0.29) is 0 Å². The van der Waals surface area contributed by atoms with E-state index in [0.717, 1.165) is 61.9 Å². The number of fused-ring (bicyclic) bond motifs is 9. The minimum absolute atomic E-state index is 1.07. The van der Waals surface area contributed by atoms with Crippen molar-refractivity contribution in [1.29, 1.82) is 0 Å². The van der Waals surface area contributed by atoms with E-state index in [1.54, 1.807) is 0 Å². The quantitative estimate of drug-likeness (QED) is 0.0951. The van der Waals surface area contributed by atoms with Gasteiger partial charge < -0.3 is 9.80 Å². The summed E-state index contributed by atoms with van der Waals surface area (Å²) in [5.41, 5.74) is 30.1. The lowest BCUT2D eigenvalue weighted by molar-refractivity contribution is 1.28. The Bertz CT molecular complexity index is 7580. The van der Waals surface area contributed by atoms with Gasteiger partial charge in [0.2, 0.25) is 0 Å². The molecule has 4 heteroatoms. The first-order chi connectivity index (χ1) is 58.5. The van der Waals surface area contributed by atoms with Gasteiger partial charge in [0.1, 0.15) is 0 Å². The van der Waals surface area contributed by atoms with Gasteiger partial charge in [-0.1, -0.05) is 328 Å². The summed E-state index contributed by atoms with van der Waals surface area (Å²) in [6.45, 7) is 0. The third-order valence-corrected chi connectivity index (χ3v) is 26.0. The van der Waals surface area contributed by atoms with Crippen LogP contribution in [0.15, 0.2) is 449 Å². The van der Waals surface area contributed by atoms with Gasteiger partial charge >= 0.3 is 0 Å². The Morgan fingerprint density at radius 2 is 0.475 bits per heavy atom. The fraction of sp³-hybridized carbons (Fsp3) is 0. The van der Waals surface area contributed by atoms with Crippen LogP contribution in [-0.2, 0) is 0 Å². The zero-order valence-corrected chi connectivity index (χ0v) is 66.1. The van der Waals surface area contributed by atoms with Gasteiger partial charge in [0.15, 0.2) is 0 Å². The maximum Gasteiger partial charge on any atom is 0.0540 e. The summed E-state index contributed by atoms with van der Waals surface area (Å²) in [7, 11) is 0. The maximum atomic E-state index is 2.45. The number of thiophene rings is 2. The second-order valence-corrected chi connectivity index (χ2v) is 32.8. The number of hydrogen-bond acceptors (Lipinski definition) is 4. The van der Waals surface area contributed by atoms with Crippen LogP contribution in [0.5, 0.6) is 0 Å². The van der Waals surface area contributed by atoms with Crippen LogP contribution >= 0.6 is 22.7 Å². The minimum atomic E-state index is 1.07. The summed E-state index contributed by atoms with van der Waals surface area (Å²) >= 11 is 3.73. The molecule has 0 spiro atoms. The Labute approximate surface area is 694 Å². The topological polar surface area (TPSA) is 6.48 Å². The largest absolute Gasteiger partial charge is 0.310 e. The Morgan fingerprint density at radius 3 is 1.10 bits per heavy atom. The van der Waals surface area contributed by atoms with E-state index in [4.69, 9.17) is 0 Å². The number of rotatable bonds is 16. The van der Waals surface area contributed by atoms with Gasteiger partial charge in [-0.05, 0) is 254 Å². The van der Waals surface area contributed by atoms with Crippen molar-refractivity contribution in [1.82, 2.24) is 0 Å². The molecule has 0 bridgehead atoms. The SMILES string of the molecule is c1ccc(-c2cccc(N(c3ccc(-c4ccc(-c5cccc(-c6ccc7sc8ccc(-c9cc(-c%10ccc(N(c%11cccc%12ccccc%11%12)c%11ccc(-c%12ccccc%12)c%12ccccc%11%12)cc%10)ccc9-c9ccccc9)cc8c7c6)c5)c(-c5ccc6sc7ccccc7c6c5)c4)cc3)c3ccc(-c4cccc5ccccc45)cc3)c2)cc1. The van der Waals surface area contributed by atoms with Crippen molar-refractivity contribution >= 4 is 129 Å². The Morgan fingerprint density at radius 1 is 0.136 bits per heavy atom. The van der Waals surface area contributed by atoms with Crippen LogP contribution < -0.4 is 9.80 Å². The average Bonchev–Trinajstić information content (AvgIpc) is 0.866. The van der Waals surface area contributed by atoms with Crippen molar-refractivity contribution in [3.05, 3.63) is 449 Å². The lowest BCUT2D eigenvalue weighted by Crippen LogP contribution is -2.11. The summed E-state index contributed by atoms with van der Waals surface area (Å²) in [6, 6.07) is 166. The molecule has 0 fully saturated rings. The first-order valence-electron chi connectivity index (χ1n) is 40.4. The molecule has 0 aliphatic heterocycles. The Balaban J connectivity index is 0.612. The van der Waals surface area contributed by atoms with E-state index in [0.29, 0.717) is 0 Å². The van der Waals surface area contributed by atoms with Gasteiger partial charge in [-0.2, -0.15) is 0 Å². The van der Waals surface area contributed by atoms with Gasteiger partial charge in [0.25, 0.3) is 0 Å². The zero-order valence-electron chi connectivity index (χ0n) is 64.4. The highest BCUT2D eigenvalue weighted by atomic mass is 32.1. The molecule has 22 rings (SSSR count). The molecule has 0 atom stereocenters. The third-order valence-electron chi connectivity index (χ3n) is 23.7. The number of hydrogen-bond donors (Lipinski definition) is 0. The minimum Gasteiger partial charge on any atom is -0.310 e. The zero-order chi connectivity index (χ0) is 78.0. The van der Waals surface area contributed by atoms with E-state index < -0.39 is 0 Å². The molecule has 0 N–H and O–H groups in total. The summed E-state index contributed by atoms with van der Waals surface area (Å²) < 4.78 is 5.11. The van der Waals surface area contributed by atoms with Crippen LogP contribution in [0.25, 0.3) is 184 Å². The van der Waals surface area contributed by atoms with Crippen molar-refractivity contribution in [3.63, 3.8) is 0 Å². The van der Waals surface area contributed by atoms with Crippen LogP contribution in [0, 0.1) is 0 Å². The highest BCUT2D eigenvalue weighted by molar-refractivity contribution is 7.26. The Kier molecular flexibility index (Phi) is 17.7. The van der Waals surface area contributed by atoms with Gasteiger partial charge in [-0.25, -0.2) is 0 Å². The fourth-order valence-corrected chi connectivity index (χ4v) is 20.0. The Hall–Kier alpha value is -14.8. The third kappa shape index (κ3) is 12.9. The lowest BCUT2D eigenvalue weighted by Gasteiger charge is -2.29. The molecule has 0 radical (unpaired) electrons. The van der Waals surface area contributed by atoms with E-state index in [1.807, 2.05) is 22.7 Å². The van der Waals surface area contributed by atoms with E-state index in [9.17, 15) is 0 Å². The van der Waals surface area contributed by atoms with Crippen LogP contribution in [0.4, 0.5) is 34.1 Å². The van der Waals surface area contributed by atoms with E-state index >= 15 is 0 Å². The number of benzene rings is 20. The van der Waals surface area contributed by atoms with E-state index in [1.165, 1.54) is 156 Å². The average molecular weight is 1540 g/mol. The molecule has 0 aliphatic carbocycles. The van der Waals surface area contributed by atoms with Crippen molar-refractivity contribution in [2.45, 2.75) is 0 Å². The molecule has 22 aromatic rings. The first kappa shape index (κ1) is 69.9. The molecule has 2 nitrogen and oxygen atoms in total. The summed E-state index contributed by atoms with van der Waals surface area (Å²) in [6.07, 6.45) is 0. The first-order valence-corrected chi connectivity index (χ1v) is 42.0. The van der Waals surface area contributed by atoms with Crippen molar-refractivity contribution in [3.8, 4) is 111 Å². The van der Waals surface area contributed by atoms with Gasteiger partial charge in [-0.3, -0.25) is 0 Å². The molecule has 552 valence electrons. The summed E-state index contributed by atoms with van der Waals surface area (Å²) in [5, 5.41) is 12.3. The molecule has 20 aromatic carbocycles. The van der Waals surface area contributed by atoms with Crippen LogP contribution in [0.1, 0.15) is 0 Å². The summed E-state index contributed by atoms with van der Waals surface area (Å²) in [5.74, 6) is 0. The monoisotopic (exact) mass is 1530 g/mol. The second kappa shape index (κ2) is 29.9. The predicted molar refractivity (Wildman–Crippen MR) is 508 cm³/mol. The smallest absolute Gasteiger partial charge is 0.0540 e. The standard InChI is InChI=1S/C114H74N2S2/c1-4-22-75(23-5-1)84-33-19-35-94(69-84)115(92-59-48-82(49-60-92)96-41-20-30-80-28-10-12-36-95(80)96)91-55-44-76(45-56-91)86-51-62-99(105(71-86)89-53-66-112-106(73-89)103-40-16-17-43-111(103)117-112)88-34-18-32-83(68-88)87-52-65-113-107(72-87)108-74-90(54-67-114(108)118-113)104-70-85(50-61-98(104)79-26-8-3-9-27-79)77-46-57-93(58-47-77)116(109-42-21-31-81-29-11-13-37-100(81)109)110-64-63-97(78-24-6-2-7-25-78)101-38-14-15-39-102(101)110/h1-74H. The molecule has 0 saturated heterocycles. The molecule has 0 saturated carbocycles. The maximum absolute atomic E-state index is 2.45. The number of nitrogens with zero attached hydrogens (tertiary/aromatic N) is 2. The normalized spacial score (nSPS) is 11.6. The highest BCUT2D eigenvalue weighted by Gasteiger charge is 2.23. The van der Waals surface area contributed by atoms with Crippen LogP contribution in [0.2, 0.25) is 0 Å². The molecule has 2 heterocycles. The summed E-state index contributed by atoms with van der Waals surface area (Å²) in [4.78, 5) is 4.84. The lowest BCUT2D eigenvalue weighted by atomic mass is 9.89. The molecule has 0 aliphatic rings. The van der Waals surface area contributed by atoms with Crippen molar-refractivity contribution in [2.75, 3.05) is 9.80 Å².